The molecule has 0 unspecified atom stereocenters. The van der Waals surface area contributed by atoms with Gasteiger partial charge in [0.1, 0.15) is 5.82 Å². The first-order valence-electron chi connectivity index (χ1n) is 8.89. The van der Waals surface area contributed by atoms with Crippen LogP contribution < -0.4 is 16.0 Å². The Kier molecular flexibility index (Phi) is 7.08. The zero-order chi connectivity index (χ0) is 19.1. The Morgan fingerprint density at radius 3 is 2.50 bits per heavy atom. The Bertz CT molecular complexity index is 637. The Hall–Kier alpha value is -2.48. The van der Waals surface area contributed by atoms with Gasteiger partial charge in [-0.05, 0) is 58.3 Å². The fourth-order valence-corrected chi connectivity index (χ4v) is 2.79. The van der Waals surface area contributed by atoms with E-state index in [9.17, 15) is 14.4 Å². The molecule has 1 aromatic heterocycles. The van der Waals surface area contributed by atoms with Gasteiger partial charge in [0, 0.05) is 18.2 Å². The number of urea groups is 1. The highest BCUT2D eigenvalue weighted by Gasteiger charge is 2.26. The summed E-state index contributed by atoms with van der Waals surface area (Å²) in [5, 5.41) is 7.76. The number of amides is 4. The SMILES string of the molecule is Cc1ccc(NC(=O)C2CCN(CC(=O)NC(=O)NC(C)C)CC2)nc1. The van der Waals surface area contributed by atoms with Crippen LogP contribution in [0.4, 0.5) is 10.6 Å². The van der Waals surface area contributed by atoms with E-state index >= 15 is 0 Å². The molecular formula is C18H27N5O3. The normalized spacial score (nSPS) is 15.5. The topological polar surface area (TPSA) is 103 Å². The number of hydrogen-bond acceptors (Lipinski definition) is 5. The first-order chi connectivity index (χ1) is 12.3. The van der Waals surface area contributed by atoms with E-state index < -0.39 is 6.03 Å². The number of likely N-dealkylation sites (tertiary alicyclic amines) is 1. The van der Waals surface area contributed by atoms with Gasteiger partial charge in [0.05, 0.1) is 6.54 Å². The van der Waals surface area contributed by atoms with Gasteiger partial charge in [-0.25, -0.2) is 9.78 Å². The van der Waals surface area contributed by atoms with Crippen LogP contribution in [0.15, 0.2) is 18.3 Å². The van der Waals surface area contributed by atoms with Gasteiger partial charge in [0.2, 0.25) is 11.8 Å². The molecule has 0 bridgehead atoms. The van der Waals surface area contributed by atoms with Crippen LogP contribution in [0.2, 0.25) is 0 Å². The molecule has 142 valence electrons. The second kappa shape index (κ2) is 9.28. The molecule has 3 N–H and O–H groups in total. The summed E-state index contributed by atoms with van der Waals surface area (Å²) in [6.07, 6.45) is 3.05. The van der Waals surface area contributed by atoms with Gasteiger partial charge in [0.25, 0.3) is 0 Å². The largest absolute Gasteiger partial charge is 0.336 e. The van der Waals surface area contributed by atoms with Crippen molar-refractivity contribution in [1.29, 1.82) is 0 Å². The van der Waals surface area contributed by atoms with Crippen LogP contribution in [0.25, 0.3) is 0 Å². The van der Waals surface area contributed by atoms with Gasteiger partial charge in [-0.3, -0.25) is 19.8 Å². The van der Waals surface area contributed by atoms with E-state index in [1.807, 2.05) is 31.7 Å². The molecule has 2 rings (SSSR count). The molecule has 2 heterocycles. The van der Waals surface area contributed by atoms with Crippen molar-refractivity contribution in [2.24, 2.45) is 5.92 Å². The molecule has 1 fully saturated rings. The number of imide groups is 1. The van der Waals surface area contributed by atoms with E-state index in [1.54, 1.807) is 12.3 Å². The standard InChI is InChI=1S/C18H27N5O3/c1-12(2)20-18(26)22-16(24)11-23-8-6-14(7-9-23)17(25)21-15-5-4-13(3)10-19-15/h4-5,10,12,14H,6-9,11H2,1-3H3,(H,19,21,25)(H2,20,22,24,26). The lowest BCUT2D eigenvalue weighted by Gasteiger charge is -2.30. The van der Waals surface area contributed by atoms with Crippen LogP contribution in [-0.4, -0.2) is 53.4 Å². The highest BCUT2D eigenvalue weighted by Crippen LogP contribution is 2.18. The minimum absolute atomic E-state index is 0.0277. The maximum absolute atomic E-state index is 12.3. The number of nitrogens with zero attached hydrogens (tertiary/aromatic N) is 2. The van der Waals surface area contributed by atoms with Gasteiger partial charge in [-0.1, -0.05) is 6.07 Å². The second-order valence-electron chi connectivity index (χ2n) is 6.94. The summed E-state index contributed by atoms with van der Waals surface area (Å²) >= 11 is 0. The molecule has 0 aliphatic carbocycles. The van der Waals surface area contributed by atoms with Gasteiger partial charge in [-0.2, -0.15) is 0 Å². The molecular weight excluding hydrogens is 334 g/mol. The summed E-state index contributed by atoms with van der Waals surface area (Å²) in [5.74, 6) is 0.0805. The number of pyridine rings is 1. The quantitative estimate of drug-likeness (QED) is 0.733. The van der Waals surface area contributed by atoms with Gasteiger partial charge >= 0.3 is 6.03 Å². The van der Waals surface area contributed by atoms with Crippen molar-refractivity contribution in [3.05, 3.63) is 23.9 Å². The minimum atomic E-state index is -0.482. The summed E-state index contributed by atoms with van der Waals surface area (Å²) in [6.45, 7) is 7.02. The Balaban J connectivity index is 1.72. The first kappa shape index (κ1) is 19.8. The average molecular weight is 361 g/mol. The summed E-state index contributed by atoms with van der Waals surface area (Å²) in [5.41, 5.74) is 1.04. The maximum atomic E-state index is 12.3. The van der Waals surface area contributed by atoms with Crippen LogP contribution >= 0.6 is 0 Å². The van der Waals surface area contributed by atoms with Crippen molar-refractivity contribution in [3.8, 4) is 0 Å². The van der Waals surface area contributed by atoms with Crippen molar-refractivity contribution in [2.75, 3.05) is 25.0 Å². The third-order valence-electron chi connectivity index (χ3n) is 4.16. The highest BCUT2D eigenvalue weighted by molar-refractivity contribution is 5.95. The van der Waals surface area contributed by atoms with Crippen LogP contribution in [-0.2, 0) is 9.59 Å². The van der Waals surface area contributed by atoms with E-state index in [2.05, 4.69) is 20.9 Å². The molecule has 0 atom stereocenters. The van der Waals surface area contributed by atoms with Crippen molar-refractivity contribution >= 4 is 23.7 Å². The lowest BCUT2D eigenvalue weighted by atomic mass is 9.96. The molecule has 4 amide bonds. The fourth-order valence-electron chi connectivity index (χ4n) is 2.79. The molecule has 8 nitrogen and oxygen atoms in total. The Morgan fingerprint density at radius 1 is 1.23 bits per heavy atom. The van der Waals surface area contributed by atoms with Crippen LogP contribution in [0.1, 0.15) is 32.3 Å². The van der Waals surface area contributed by atoms with Crippen molar-refractivity contribution in [1.82, 2.24) is 20.5 Å². The number of anilines is 1. The van der Waals surface area contributed by atoms with Crippen LogP contribution in [0.5, 0.6) is 0 Å². The van der Waals surface area contributed by atoms with Crippen molar-refractivity contribution in [2.45, 2.75) is 39.7 Å². The third kappa shape index (κ3) is 6.44. The number of aryl methyl sites for hydroxylation is 1. The number of nitrogens with one attached hydrogen (secondary N) is 3. The fraction of sp³-hybridized carbons (Fsp3) is 0.556. The van der Waals surface area contributed by atoms with Gasteiger partial charge in [-0.15, -0.1) is 0 Å². The molecule has 0 saturated carbocycles. The summed E-state index contributed by atoms with van der Waals surface area (Å²) in [4.78, 5) is 41.9. The lowest BCUT2D eigenvalue weighted by molar-refractivity contribution is -0.122. The van der Waals surface area contributed by atoms with E-state index in [-0.39, 0.29) is 30.3 Å². The molecule has 0 radical (unpaired) electrons. The van der Waals surface area contributed by atoms with E-state index in [0.717, 1.165) is 5.56 Å². The summed E-state index contributed by atoms with van der Waals surface area (Å²) in [7, 11) is 0. The predicted molar refractivity (Wildman–Crippen MR) is 98.6 cm³/mol. The molecule has 1 saturated heterocycles. The summed E-state index contributed by atoms with van der Waals surface area (Å²) in [6, 6.07) is 3.18. The molecule has 26 heavy (non-hydrogen) atoms. The van der Waals surface area contributed by atoms with E-state index in [0.29, 0.717) is 31.7 Å². The summed E-state index contributed by atoms with van der Waals surface area (Å²) < 4.78 is 0. The number of carbonyl (C=O) groups is 3. The van der Waals surface area contributed by atoms with Crippen LogP contribution in [0, 0.1) is 12.8 Å². The first-order valence-corrected chi connectivity index (χ1v) is 8.89. The number of piperidine rings is 1. The smallest absolute Gasteiger partial charge is 0.321 e. The van der Waals surface area contributed by atoms with E-state index in [1.165, 1.54) is 0 Å². The number of aromatic nitrogens is 1. The molecule has 1 aliphatic rings. The monoisotopic (exact) mass is 361 g/mol. The number of hydrogen-bond donors (Lipinski definition) is 3. The lowest BCUT2D eigenvalue weighted by Crippen LogP contribution is -2.48. The molecule has 8 heteroatoms. The predicted octanol–water partition coefficient (Wildman–Crippen LogP) is 1.27. The average Bonchev–Trinajstić information content (AvgIpc) is 2.56. The van der Waals surface area contributed by atoms with E-state index in [4.69, 9.17) is 0 Å². The Morgan fingerprint density at radius 2 is 1.92 bits per heavy atom. The number of rotatable bonds is 5. The molecule has 1 aliphatic heterocycles. The second-order valence-corrected chi connectivity index (χ2v) is 6.94. The highest BCUT2D eigenvalue weighted by atomic mass is 16.2. The maximum Gasteiger partial charge on any atom is 0.321 e. The molecule has 0 spiro atoms. The Labute approximate surface area is 153 Å². The zero-order valence-corrected chi connectivity index (χ0v) is 15.5. The van der Waals surface area contributed by atoms with Gasteiger partial charge < -0.3 is 10.6 Å². The van der Waals surface area contributed by atoms with Crippen LogP contribution in [0.3, 0.4) is 0 Å². The minimum Gasteiger partial charge on any atom is -0.336 e. The molecule has 0 aromatic carbocycles. The van der Waals surface area contributed by atoms with Crippen molar-refractivity contribution < 1.29 is 14.4 Å². The van der Waals surface area contributed by atoms with Gasteiger partial charge in [0.15, 0.2) is 0 Å². The number of carbonyl (C=O) groups excluding carboxylic acids is 3. The zero-order valence-electron chi connectivity index (χ0n) is 15.5. The third-order valence-corrected chi connectivity index (χ3v) is 4.16. The molecule has 1 aromatic rings. The van der Waals surface area contributed by atoms with Crippen molar-refractivity contribution in [3.63, 3.8) is 0 Å².